The summed E-state index contributed by atoms with van der Waals surface area (Å²) < 4.78 is 1.07. The zero-order chi connectivity index (χ0) is 11.7. The minimum Gasteiger partial charge on any atom is -0.256 e. The molecular formula is C15H10BrN. The van der Waals surface area contributed by atoms with Crippen LogP contribution in [0.5, 0.6) is 0 Å². The monoisotopic (exact) mass is 283 g/mol. The SMILES string of the molecule is Brc1cccc(-c2nccc3ccccc23)c1. The molecule has 0 aliphatic carbocycles. The second-order valence-corrected chi connectivity index (χ2v) is 4.81. The molecule has 0 spiro atoms. The van der Waals surface area contributed by atoms with Crippen LogP contribution < -0.4 is 0 Å². The first kappa shape index (κ1) is 10.5. The summed E-state index contributed by atoms with van der Waals surface area (Å²) in [6.45, 7) is 0. The van der Waals surface area contributed by atoms with Gasteiger partial charge in [0.2, 0.25) is 0 Å². The maximum absolute atomic E-state index is 4.50. The van der Waals surface area contributed by atoms with Crippen LogP contribution in [-0.2, 0) is 0 Å². The van der Waals surface area contributed by atoms with Crippen molar-refractivity contribution in [3.05, 3.63) is 65.3 Å². The Hall–Kier alpha value is -1.67. The van der Waals surface area contributed by atoms with Crippen molar-refractivity contribution < 1.29 is 0 Å². The second-order valence-electron chi connectivity index (χ2n) is 3.89. The van der Waals surface area contributed by atoms with Crippen molar-refractivity contribution in [3.63, 3.8) is 0 Å². The normalized spacial score (nSPS) is 10.6. The molecule has 0 N–H and O–H groups in total. The Morgan fingerprint density at radius 3 is 2.65 bits per heavy atom. The molecule has 2 aromatic carbocycles. The average molecular weight is 284 g/mol. The van der Waals surface area contributed by atoms with Crippen LogP contribution in [0.2, 0.25) is 0 Å². The smallest absolute Gasteiger partial charge is 0.0780 e. The molecule has 82 valence electrons. The number of rotatable bonds is 1. The summed E-state index contributed by atoms with van der Waals surface area (Å²) in [4.78, 5) is 4.50. The van der Waals surface area contributed by atoms with Gasteiger partial charge in [-0.1, -0.05) is 52.3 Å². The number of nitrogens with zero attached hydrogens (tertiary/aromatic N) is 1. The molecule has 0 amide bonds. The Morgan fingerprint density at radius 2 is 1.76 bits per heavy atom. The summed E-state index contributed by atoms with van der Waals surface area (Å²) in [6.07, 6.45) is 1.86. The maximum atomic E-state index is 4.50. The predicted octanol–water partition coefficient (Wildman–Crippen LogP) is 4.66. The number of benzene rings is 2. The highest BCUT2D eigenvalue weighted by Crippen LogP contribution is 2.27. The van der Waals surface area contributed by atoms with E-state index in [-0.39, 0.29) is 0 Å². The topological polar surface area (TPSA) is 12.9 Å². The van der Waals surface area contributed by atoms with E-state index in [1.165, 1.54) is 10.8 Å². The van der Waals surface area contributed by atoms with Crippen molar-refractivity contribution in [2.24, 2.45) is 0 Å². The largest absolute Gasteiger partial charge is 0.256 e. The summed E-state index contributed by atoms with van der Waals surface area (Å²) in [6, 6.07) is 18.6. The zero-order valence-electron chi connectivity index (χ0n) is 9.10. The lowest BCUT2D eigenvalue weighted by Gasteiger charge is -2.05. The fourth-order valence-electron chi connectivity index (χ4n) is 1.99. The molecule has 3 rings (SSSR count). The van der Waals surface area contributed by atoms with Crippen LogP contribution in [0.4, 0.5) is 0 Å². The van der Waals surface area contributed by atoms with Gasteiger partial charge in [0.15, 0.2) is 0 Å². The van der Waals surface area contributed by atoms with Crippen LogP contribution >= 0.6 is 15.9 Å². The second kappa shape index (κ2) is 4.30. The highest BCUT2D eigenvalue weighted by molar-refractivity contribution is 9.10. The van der Waals surface area contributed by atoms with E-state index < -0.39 is 0 Å². The lowest BCUT2D eigenvalue weighted by Crippen LogP contribution is -1.85. The van der Waals surface area contributed by atoms with E-state index in [4.69, 9.17) is 0 Å². The van der Waals surface area contributed by atoms with Gasteiger partial charge in [0.1, 0.15) is 0 Å². The summed E-state index contributed by atoms with van der Waals surface area (Å²) in [5, 5.41) is 2.41. The molecule has 0 aliphatic heterocycles. The Labute approximate surface area is 108 Å². The van der Waals surface area contributed by atoms with Crippen LogP contribution in [0.15, 0.2) is 65.3 Å². The Bertz CT molecular complexity index is 671. The molecule has 0 bridgehead atoms. The molecule has 0 saturated heterocycles. The van der Waals surface area contributed by atoms with E-state index in [9.17, 15) is 0 Å². The molecule has 1 nitrogen and oxygen atoms in total. The van der Waals surface area contributed by atoms with Gasteiger partial charge >= 0.3 is 0 Å². The van der Waals surface area contributed by atoms with Crippen molar-refractivity contribution in [1.29, 1.82) is 0 Å². The van der Waals surface area contributed by atoms with Gasteiger partial charge in [0.25, 0.3) is 0 Å². The number of halogens is 1. The standard InChI is InChI=1S/C15H10BrN/c16-13-6-3-5-12(10-13)15-14-7-2-1-4-11(14)8-9-17-15/h1-10H. The van der Waals surface area contributed by atoms with Gasteiger partial charge in [-0.3, -0.25) is 4.98 Å². The van der Waals surface area contributed by atoms with Gasteiger partial charge in [-0.15, -0.1) is 0 Å². The molecule has 3 aromatic rings. The van der Waals surface area contributed by atoms with Crippen LogP contribution in [0.1, 0.15) is 0 Å². The van der Waals surface area contributed by atoms with E-state index in [0.717, 1.165) is 15.7 Å². The van der Waals surface area contributed by atoms with Crippen molar-refractivity contribution in [2.75, 3.05) is 0 Å². The zero-order valence-corrected chi connectivity index (χ0v) is 10.7. The molecule has 0 atom stereocenters. The summed E-state index contributed by atoms with van der Waals surface area (Å²) in [5.41, 5.74) is 2.17. The number of hydrogen-bond acceptors (Lipinski definition) is 1. The number of aromatic nitrogens is 1. The highest BCUT2D eigenvalue weighted by Gasteiger charge is 2.04. The highest BCUT2D eigenvalue weighted by atomic mass is 79.9. The summed E-state index contributed by atoms with van der Waals surface area (Å²) >= 11 is 3.50. The third kappa shape index (κ3) is 1.96. The Morgan fingerprint density at radius 1 is 0.882 bits per heavy atom. The lowest BCUT2D eigenvalue weighted by molar-refractivity contribution is 1.35. The first-order valence-corrected chi connectivity index (χ1v) is 6.23. The van der Waals surface area contributed by atoms with E-state index >= 15 is 0 Å². The van der Waals surface area contributed by atoms with Crippen LogP contribution in [0.3, 0.4) is 0 Å². The van der Waals surface area contributed by atoms with Crippen molar-refractivity contribution in [1.82, 2.24) is 4.98 Å². The van der Waals surface area contributed by atoms with Gasteiger partial charge in [0, 0.05) is 21.6 Å². The quantitative estimate of drug-likeness (QED) is 0.633. The Kier molecular flexibility index (Phi) is 2.65. The van der Waals surface area contributed by atoms with Crippen LogP contribution in [-0.4, -0.2) is 4.98 Å². The van der Waals surface area contributed by atoms with E-state index in [1.54, 1.807) is 0 Å². The molecule has 0 fully saturated rings. The fraction of sp³-hybridized carbons (Fsp3) is 0. The molecule has 0 unspecified atom stereocenters. The van der Waals surface area contributed by atoms with Gasteiger partial charge in [-0.05, 0) is 23.6 Å². The molecule has 0 saturated carbocycles. The minimum absolute atomic E-state index is 1.03. The Balaban J connectivity index is 2.30. The average Bonchev–Trinajstić information content (AvgIpc) is 2.38. The molecule has 2 heteroatoms. The van der Waals surface area contributed by atoms with Crippen molar-refractivity contribution in [3.8, 4) is 11.3 Å². The third-order valence-electron chi connectivity index (χ3n) is 2.77. The van der Waals surface area contributed by atoms with Gasteiger partial charge < -0.3 is 0 Å². The maximum Gasteiger partial charge on any atom is 0.0780 e. The van der Waals surface area contributed by atoms with E-state index in [2.05, 4.69) is 45.2 Å². The minimum atomic E-state index is 1.03. The first-order chi connectivity index (χ1) is 8.34. The lowest BCUT2D eigenvalue weighted by atomic mass is 10.0. The summed E-state index contributed by atoms with van der Waals surface area (Å²) in [7, 11) is 0. The van der Waals surface area contributed by atoms with Crippen molar-refractivity contribution in [2.45, 2.75) is 0 Å². The van der Waals surface area contributed by atoms with Crippen molar-refractivity contribution >= 4 is 26.7 Å². The van der Waals surface area contributed by atoms with E-state index in [1.807, 2.05) is 36.5 Å². The van der Waals surface area contributed by atoms with Crippen LogP contribution in [0, 0.1) is 0 Å². The molecule has 0 radical (unpaired) electrons. The van der Waals surface area contributed by atoms with Gasteiger partial charge in [-0.2, -0.15) is 0 Å². The predicted molar refractivity (Wildman–Crippen MR) is 74.9 cm³/mol. The molecule has 0 aliphatic rings. The third-order valence-corrected chi connectivity index (χ3v) is 3.26. The fourth-order valence-corrected chi connectivity index (χ4v) is 2.38. The number of pyridine rings is 1. The summed E-state index contributed by atoms with van der Waals surface area (Å²) in [5.74, 6) is 0. The van der Waals surface area contributed by atoms with Crippen LogP contribution in [0.25, 0.3) is 22.0 Å². The molecule has 17 heavy (non-hydrogen) atoms. The van der Waals surface area contributed by atoms with Gasteiger partial charge in [-0.25, -0.2) is 0 Å². The molecular weight excluding hydrogens is 274 g/mol. The van der Waals surface area contributed by atoms with E-state index in [0.29, 0.717) is 0 Å². The molecule has 1 aromatic heterocycles. The first-order valence-electron chi connectivity index (χ1n) is 5.44. The number of fused-ring (bicyclic) bond motifs is 1. The van der Waals surface area contributed by atoms with Gasteiger partial charge in [0.05, 0.1) is 5.69 Å². The number of hydrogen-bond donors (Lipinski definition) is 0. The molecule has 1 heterocycles.